The molecule has 166 valence electrons. The fourth-order valence-electron chi connectivity index (χ4n) is 4.74. The van der Waals surface area contributed by atoms with Crippen LogP contribution in [0.4, 0.5) is 0 Å². The lowest BCUT2D eigenvalue weighted by Gasteiger charge is -2.37. The zero-order valence-electron chi connectivity index (χ0n) is 18.2. The van der Waals surface area contributed by atoms with Gasteiger partial charge in [-0.05, 0) is 30.5 Å². The lowest BCUT2D eigenvalue weighted by atomic mass is 9.80. The van der Waals surface area contributed by atoms with Gasteiger partial charge in [0, 0.05) is 0 Å². The molecule has 3 aromatic carbocycles. The van der Waals surface area contributed by atoms with Gasteiger partial charge < -0.3 is 18.9 Å². The molecule has 0 amide bonds. The molecule has 4 nitrogen and oxygen atoms in total. The highest BCUT2D eigenvalue weighted by Gasteiger charge is 2.55. The number of alkyl halides is 1. The van der Waals surface area contributed by atoms with Crippen molar-refractivity contribution in [1.29, 1.82) is 0 Å². The molecule has 2 aliphatic heterocycles. The Hall–Kier alpha value is -2.21. The first kappa shape index (κ1) is 21.6. The number of rotatable bonds is 6. The first-order valence-electron chi connectivity index (χ1n) is 11.0. The Kier molecular flexibility index (Phi) is 5.82. The van der Waals surface area contributed by atoms with E-state index < -0.39 is 17.0 Å². The van der Waals surface area contributed by atoms with Gasteiger partial charge in [-0.3, -0.25) is 0 Å². The highest BCUT2D eigenvalue weighted by atomic mass is 35.5. The molecule has 0 bridgehead atoms. The zero-order chi connectivity index (χ0) is 22.2. The Morgan fingerprint density at radius 2 is 1.19 bits per heavy atom. The summed E-state index contributed by atoms with van der Waals surface area (Å²) in [4.78, 5) is 0. The van der Waals surface area contributed by atoms with Crippen LogP contribution in [0, 0.1) is 0 Å². The maximum atomic E-state index is 6.88. The molecule has 0 unspecified atom stereocenters. The van der Waals surface area contributed by atoms with E-state index >= 15 is 0 Å². The lowest BCUT2D eigenvalue weighted by molar-refractivity contribution is -0.187. The van der Waals surface area contributed by atoms with Crippen molar-refractivity contribution in [2.75, 3.05) is 6.61 Å². The molecule has 0 saturated carbocycles. The van der Waals surface area contributed by atoms with Crippen molar-refractivity contribution in [2.24, 2.45) is 0 Å². The van der Waals surface area contributed by atoms with Crippen molar-refractivity contribution < 1.29 is 18.9 Å². The number of halogens is 1. The minimum atomic E-state index is -0.817. The van der Waals surface area contributed by atoms with Crippen molar-refractivity contribution >= 4 is 11.6 Å². The van der Waals surface area contributed by atoms with Crippen LogP contribution in [0.5, 0.6) is 0 Å². The minimum Gasteiger partial charge on any atom is -0.358 e. The van der Waals surface area contributed by atoms with Gasteiger partial charge in [0.05, 0.1) is 6.61 Å². The first-order valence-corrected chi connectivity index (χ1v) is 11.4. The second kappa shape index (κ2) is 8.62. The van der Waals surface area contributed by atoms with Gasteiger partial charge in [0.1, 0.15) is 23.9 Å². The molecule has 2 heterocycles. The maximum absolute atomic E-state index is 6.88. The van der Waals surface area contributed by atoms with Gasteiger partial charge in [-0.1, -0.05) is 103 Å². The van der Waals surface area contributed by atoms with Gasteiger partial charge in [0.15, 0.2) is 11.4 Å². The molecule has 0 aliphatic carbocycles. The third kappa shape index (κ3) is 3.87. The van der Waals surface area contributed by atoms with Crippen LogP contribution >= 0.6 is 11.6 Å². The molecule has 5 heteroatoms. The summed E-state index contributed by atoms with van der Waals surface area (Å²) in [6.45, 7) is 4.09. The first-order chi connectivity index (χ1) is 15.5. The van der Waals surface area contributed by atoms with Gasteiger partial charge >= 0.3 is 0 Å². The van der Waals surface area contributed by atoms with E-state index in [1.165, 1.54) is 0 Å². The molecule has 4 atom stereocenters. The third-order valence-electron chi connectivity index (χ3n) is 6.10. The molecule has 2 fully saturated rings. The van der Waals surface area contributed by atoms with E-state index in [1.54, 1.807) is 0 Å². The Balaban J connectivity index is 1.55. The van der Waals surface area contributed by atoms with Crippen molar-refractivity contribution in [2.45, 2.75) is 49.1 Å². The van der Waals surface area contributed by atoms with Gasteiger partial charge in [-0.2, -0.15) is 0 Å². The van der Waals surface area contributed by atoms with Crippen molar-refractivity contribution in [3.8, 4) is 0 Å². The minimum absolute atomic E-state index is 0.285. The van der Waals surface area contributed by atoms with Gasteiger partial charge in [-0.15, -0.1) is 0 Å². The van der Waals surface area contributed by atoms with Crippen LogP contribution in [0.3, 0.4) is 0 Å². The zero-order valence-corrected chi connectivity index (χ0v) is 18.9. The summed E-state index contributed by atoms with van der Waals surface area (Å²) in [7, 11) is 0. The van der Waals surface area contributed by atoms with Gasteiger partial charge in [0.25, 0.3) is 0 Å². The van der Waals surface area contributed by atoms with Crippen LogP contribution in [0.25, 0.3) is 0 Å². The molecular weight excluding hydrogens is 424 g/mol. The second-order valence-electron chi connectivity index (χ2n) is 8.68. The van der Waals surface area contributed by atoms with Gasteiger partial charge in [0.2, 0.25) is 0 Å². The predicted molar refractivity (Wildman–Crippen MR) is 123 cm³/mol. The Labute approximate surface area is 194 Å². The van der Waals surface area contributed by atoms with Crippen LogP contribution in [0.15, 0.2) is 91.0 Å². The summed E-state index contributed by atoms with van der Waals surface area (Å²) in [6, 6.07) is 30.8. The number of benzene rings is 3. The Bertz CT molecular complexity index is 929. The molecule has 3 aromatic rings. The molecular formula is C27H27ClO4. The summed E-state index contributed by atoms with van der Waals surface area (Å²) in [5.74, 6) is -0.695. The summed E-state index contributed by atoms with van der Waals surface area (Å²) >= 11 is 6.45. The monoisotopic (exact) mass is 450 g/mol. The largest absolute Gasteiger partial charge is 0.358 e. The third-order valence-corrected chi connectivity index (χ3v) is 6.45. The van der Waals surface area contributed by atoms with E-state index in [1.807, 2.05) is 68.4 Å². The molecule has 0 aromatic heterocycles. The Morgan fingerprint density at radius 1 is 0.750 bits per heavy atom. The standard InChI is InChI=1S/C27H27ClO4/c1-26(2)31-23-22(30-25(28)24(23)32-26)18-29-27(19-12-6-3-7-13-19,20-14-8-4-9-15-20)21-16-10-5-11-17-21/h3-17,22-25H,18H2,1-2H3/t22-,23-,24-,25-/m1/s1. The van der Waals surface area contributed by atoms with Crippen molar-refractivity contribution in [1.82, 2.24) is 0 Å². The van der Waals surface area contributed by atoms with Crippen LogP contribution in [0.1, 0.15) is 30.5 Å². The SMILES string of the molecule is CC1(C)O[C@@H]2[C@H](O1)[C@@H](COC(c1ccccc1)(c1ccccc1)c1ccccc1)O[C@H]2Cl. The topological polar surface area (TPSA) is 36.9 Å². The lowest BCUT2D eigenvalue weighted by Crippen LogP contribution is -2.39. The molecule has 0 N–H and O–H groups in total. The van der Waals surface area contributed by atoms with Crippen LogP contribution in [0.2, 0.25) is 0 Å². The molecule has 5 rings (SSSR count). The average molecular weight is 451 g/mol. The smallest absolute Gasteiger partial charge is 0.164 e. The van der Waals surface area contributed by atoms with Crippen molar-refractivity contribution in [3.05, 3.63) is 108 Å². The number of hydrogen-bond donors (Lipinski definition) is 0. The summed E-state index contributed by atoms with van der Waals surface area (Å²) in [5.41, 5.74) is 1.73. The fourth-order valence-corrected chi connectivity index (χ4v) is 5.07. The fraction of sp³-hybridized carbons (Fsp3) is 0.333. The highest BCUT2D eigenvalue weighted by Crippen LogP contribution is 2.44. The average Bonchev–Trinajstić information content (AvgIpc) is 3.29. The molecule has 2 aliphatic rings. The number of ether oxygens (including phenoxy) is 4. The van der Waals surface area contributed by atoms with Crippen LogP contribution in [-0.2, 0) is 24.5 Å². The molecule has 0 radical (unpaired) electrons. The highest BCUT2D eigenvalue weighted by molar-refractivity contribution is 6.20. The number of fused-ring (bicyclic) bond motifs is 1. The summed E-state index contributed by atoms with van der Waals surface area (Å²) < 4.78 is 25.0. The molecule has 0 spiro atoms. The van der Waals surface area contributed by atoms with Crippen LogP contribution in [-0.4, -0.2) is 36.3 Å². The summed E-state index contributed by atoms with van der Waals surface area (Å²) in [5, 5.41) is 0. The number of hydrogen-bond acceptors (Lipinski definition) is 4. The van der Waals surface area contributed by atoms with E-state index in [9.17, 15) is 0 Å². The maximum Gasteiger partial charge on any atom is 0.164 e. The Morgan fingerprint density at radius 3 is 1.66 bits per heavy atom. The van der Waals surface area contributed by atoms with E-state index in [-0.39, 0.29) is 18.3 Å². The van der Waals surface area contributed by atoms with Crippen LogP contribution < -0.4 is 0 Å². The normalized spacial score (nSPS) is 26.7. The van der Waals surface area contributed by atoms with Crippen molar-refractivity contribution in [3.63, 3.8) is 0 Å². The second-order valence-corrected chi connectivity index (χ2v) is 9.11. The van der Waals surface area contributed by atoms with E-state index in [0.29, 0.717) is 6.61 Å². The molecule has 32 heavy (non-hydrogen) atoms. The molecule has 2 saturated heterocycles. The predicted octanol–water partition coefficient (Wildman–Crippen LogP) is 5.48. The van der Waals surface area contributed by atoms with E-state index in [2.05, 4.69) is 36.4 Å². The van der Waals surface area contributed by atoms with E-state index in [0.717, 1.165) is 16.7 Å². The van der Waals surface area contributed by atoms with E-state index in [4.69, 9.17) is 30.5 Å². The quantitative estimate of drug-likeness (QED) is 0.368. The van der Waals surface area contributed by atoms with Gasteiger partial charge in [-0.25, -0.2) is 0 Å². The summed E-state index contributed by atoms with van der Waals surface area (Å²) in [6.07, 6.45) is -0.952.